The number of esters is 1. The zero-order chi connectivity index (χ0) is 21.3. The summed E-state index contributed by atoms with van der Waals surface area (Å²) in [6, 6.07) is 17.6. The van der Waals surface area contributed by atoms with Crippen LogP contribution in [0.1, 0.15) is 68.9 Å². The van der Waals surface area contributed by atoms with Gasteiger partial charge >= 0.3 is 5.97 Å². The monoisotopic (exact) mass is 409 g/mol. The molecule has 0 unspecified atom stereocenters. The largest absolute Gasteiger partial charge is 0.493 e. The average Bonchev–Trinajstić information content (AvgIpc) is 2.78. The zero-order valence-corrected chi connectivity index (χ0v) is 17.8. The molecule has 0 atom stereocenters. The van der Waals surface area contributed by atoms with Crippen molar-refractivity contribution in [3.05, 3.63) is 65.7 Å². The first-order valence-corrected chi connectivity index (χ1v) is 11.1. The number of carbonyl (C=O) groups is 1. The van der Waals surface area contributed by atoms with Crippen LogP contribution < -0.4 is 4.74 Å². The van der Waals surface area contributed by atoms with Gasteiger partial charge < -0.3 is 9.47 Å². The van der Waals surface area contributed by atoms with Crippen LogP contribution in [0.25, 0.3) is 0 Å². The number of rotatable bonds is 16. The summed E-state index contributed by atoms with van der Waals surface area (Å²) in [4.78, 5) is 22.6. The zero-order valence-electron chi connectivity index (χ0n) is 17.8. The second kappa shape index (κ2) is 15.3. The van der Waals surface area contributed by atoms with E-state index in [-0.39, 0.29) is 5.97 Å². The van der Waals surface area contributed by atoms with Crippen LogP contribution >= 0.6 is 0 Å². The Kier molecular flexibility index (Phi) is 12.0. The Bertz CT molecular complexity index is 727. The highest BCUT2D eigenvalue weighted by atomic mass is 16.5. The molecule has 0 spiro atoms. The molecule has 0 heterocycles. The van der Waals surface area contributed by atoms with E-state index >= 15 is 0 Å². The van der Waals surface area contributed by atoms with E-state index in [9.17, 15) is 9.59 Å². The second-order valence-corrected chi connectivity index (χ2v) is 7.48. The molecule has 0 aliphatic heterocycles. The van der Waals surface area contributed by atoms with Crippen LogP contribution in [0.3, 0.4) is 0 Å². The van der Waals surface area contributed by atoms with Crippen molar-refractivity contribution in [1.29, 1.82) is 0 Å². The fraction of sp³-hybridized carbons (Fsp3) is 0.462. The van der Waals surface area contributed by atoms with Gasteiger partial charge in [0.05, 0.1) is 18.8 Å². The van der Waals surface area contributed by atoms with Crippen molar-refractivity contribution in [1.82, 2.24) is 0 Å². The highest BCUT2D eigenvalue weighted by Crippen LogP contribution is 2.16. The second-order valence-electron chi connectivity index (χ2n) is 7.48. The molecule has 0 saturated carbocycles. The average molecular weight is 410 g/mol. The molecule has 2 aromatic rings. The Morgan fingerprint density at radius 2 is 1.40 bits per heavy atom. The summed E-state index contributed by atoms with van der Waals surface area (Å²) in [5, 5.41) is 0. The number of hydrogen-bond acceptors (Lipinski definition) is 4. The summed E-state index contributed by atoms with van der Waals surface area (Å²) in [5.41, 5.74) is 1.84. The predicted octanol–water partition coefficient (Wildman–Crippen LogP) is 5.82. The highest BCUT2D eigenvalue weighted by Gasteiger charge is 2.04. The first-order valence-electron chi connectivity index (χ1n) is 11.1. The summed E-state index contributed by atoms with van der Waals surface area (Å²) >= 11 is 0. The summed E-state index contributed by atoms with van der Waals surface area (Å²) < 4.78 is 10.9. The van der Waals surface area contributed by atoms with Crippen molar-refractivity contribution in [3.63, 3.8) is 0 Å². The predicted molar refractivity (Wildman–Crippen MR) is 119 cm³/mol. The molecular weight excluding hydrogens is 376 g/mol. The molecular formula is C26H33O4. The van der Waals surface area contributed by atoms with Crippen LogP contribution in [-0.4, -0.2) is 25.5 Å². The molecule has 0 bridgehead atoms. The Hall–Kier alpha value is -2.62. The topological polar surface area (TPSA) is 52.6 Å². The molecule has 30 heavy (non-hydrogen) atoms. The smallest absolute Gasteiger partial charge is 0.305 e. The molecule has 1 radical (unpaired) electrons. The van der Waals surface area contributed by atoms with Gasteiger partial charge in [0.2, 0.25) is 6.29 Å². The van der Waals surface area contributed by atoms with Crippen LogP contribution in [-0.2, 0) is 20.7 Å². The van der Waals surface area contributed by atoms with E-state index < -0.39 is 0 Å². The van der Waals surface area contributed by atoms with Gasteiger partial charge in [0.15, 0.2) is 0 Å². The van der Waals surface area contributed by atoms with E-state index in [2.05, 4.69) is 24.3 Å². The maximum absolute atomic E-state index is 11.8. The van der Waals surface area contributed by atoms with Gasteiger partial charge in [0.25, 0.3) is 0 Å². The van der Waals surface area contributed by atoms with Gasteiger partial charge in [0, 0.05) is 6.42 Å². The quantitative estimate of drug-likeness (QED) is 0.259. The summed E-state index contributed by atoms with van der Waals surface area (Å²) in [6.07, 6.45) is 11.6. The number of hydrogen-bond donors (Lipinski definition) is 0. The standard InChI is InChI=1S/C26H33O4/c27-22-24-17-10-11-18-25(24)29-20-12-4-2-9-19-26(28)30-21-13-3-1-6-14-23-15-7-5-8-16-23/h5,7-8,10-11,15-18H,1-4,6,9,12-14,19-21H2. The molecule has 0 fully saturated rings. The van der Waals surface area contributed by atoms with Gasteiger partial charge in [-0.1, -0.05) is 68.1 Å². The maximum atomic E-state index is 11.8. The molecule has 4 nitrogen and oxygen atoms in total. The Labute approximate surface area is 180 Å². The summed E-state index contributed by atoms with van der Waals surface area (Å²) in [5.74, 6) is 0.488. The number of unbranched alkanes of at least 4 members (excludes halogenated alkanes) is 6. The molecule has 2 rings (SSSR count). The van der Waals surface area contributed by atoms with E-state index in [1.807, 2.05) is 18.4 Å². The first kappa shape index (κ1) is 23.7. The number of ether oxygens (including phenoxy) is 2. The van der Waals surface area contributed by atoms with Crippen molar-refractivity contribution < 1.29 is 19.1 Å². The maximum Gasteiger partial charge on any atom is 0.305 e. The van der Waals surface area contributed by atoms with E-state index in [0.717, 1.165) is 44.9 Å². The van der Waals surface area contributed by atoms with Crippen LogP contribution in [0.4, 0.5) is 0 Å². The molecule has 161 valence electrons. The lowest BCUT2D eigenvalue weighted by atomic mass is 10.1. The fourth-order valence-corrected chi connectivity index (χ4v) is 3.27. The summed E-state index contributed by atoms with van der Waals surface area (Å²) in [7, 11) is 0. The van der Waals surface area contributed by atoms with Crippen LogP contribution in [0, 0.1) is 0 Å². The minimum absolute atomic E-state index is 0.0917. The van der Waals surface area contributed by atoms with Gasteiger partial charge in [-0.2, -0.15) is 0 Å². The van der Waals surface area contributed by atoms with Crippen LogP contribution in [0.2, 0.25) is 0 Å². The van der Waals surface area contributed by atoms with Gasteiger partial charge in [-0.3, -0.25) is 9.59 Å². The lowest BCUT2D eigenvalue weighted by molar-refractivity contribution is -0.143. The van der Waals surface area contributed by atoms with E-state index in [4.69, 9.17) is 9.47 Å². The van der Waals surface area contributed by atoms with Gasteiger partial charge in [-0.05, 0) is 49.8 Å². The normalized spacial score (nSPS) is 10.5. The van der Waals surface area contributed by atoms with E-state index in [1.165, 1.54) is 18.4 Å². The number of para-hydroxylation sites is 1. The van der Waals surface area contributed by atoms with Crippen molar-refractivity contribution >= 4 is 12.3 Å². The third-order valence-electron chi connectivity index (χ3n) is 5.00. The van der Waals surface area contributed by atoms with Crippen molar-refractivity contribution in [2.75, 3.05) is 13.2 Å². The number of carbonyl (C=O) groups excluding carboxylic acids is 2. The fourth-order valence-electron chi connectivity index (χ4n) is 3.27. The van der Waals surface area contributed by atoms with Crippen LogP contribution in [0.5, 0.6) is 5.75 Å². The minimum atomic E-state index is -0.0917. The minimum Gasteiger partial charge on any atom is -0.493 e. The third-order valence-corrected chi connectivity index (χ3v) is 5.00. The molecule has 0 aliphatic rings. The van der Waals surface area contributed by atoms with Crippen molar-refractivity contribution in [2.45, 2.75) is 64.2 Å². The lowest BCUT2D eigenvalue weighted by Crippen LogP contribution is -2.06. The third kappa shape index (κ3) is 10.2. The molecule has 0 aromatic heterocycles. The molecule has 4 heteroatoms. The molecule has 0 amide bonds. The van der Waals surface area contributed by atoms with E-state index in [0.29, 0.717) is 30.9 Å². The SMILES string of the molecule is O=[C]c1ccccc1OCCCCCCC(=O)OCCCCCCc1ccccc1. The van der Waals surface area contributed by atoms with Crippen molar-refractivity contribution in [3.8, 4) is 5.75 Å². The van der Waals surface area contributed by atoms with Gasteiger partial charge in [0.1, 0.15) is 5.75 Å². The number of aryl methyl sites for hydroxylation is 1. The van der Waals surface area contributed by atoms with Gasteiger partial charge in [-0.25, -0.2) is 0 Å². The highest BCUT2D eigenvalue weighted by molar-refractivity contribution is 5.79. The molecule has 0 N–H and O–H groups in total. The Morgan fingerprint density at radius 3 is 2.20 bits per heavy atom. The lowest BCUT2D eigenvalue weighted by Gasteiger charge is -2.08. The van der Waals surface area contributed by atoms with Gasteiger partial charge in [-0.15, -0.1) is 0 Å². The van der Waals surface area contributed by atoms with E-state index in [1.54, 1.807) is 18.2 Å². The first-order chi connectivity index (χ1) is 14.8. The summed E-state index contributed by atoms with van der Waals surface area (Å²) in [6.45, 7) is 1.10. The molecule has 0 saturated heterocycles. The van der Waals surface area contributed by atoms with Crippen molar-refractivity contribution in [2.24, 2.45) is 0 Å². The molecule has 2 aromatic carbocycles. The molecule has 0 aliphatic carbocycles. The van der Waals surface area contributed by atoms with Crippen LogP contribution in [0.15, 0.2) is 54.6 Å². The Balaban J connectivity index is 1.37. The Morgan fingerprint density at radius 1 is 0.733 bits per heavy atom. The number of benzene rings is 2.